The summed E-state index contributed by atoms with van der Waals surface area (Å²) in [6, 6.07) is 7.62. The summed E-state index contributed by atoms with van der Waals surface area (Å²) in [5, 5.41) is 12.5. The summed E-state index contributed by atoms with van der Waals surface area (Å²) in [6.45, 7) is 5.72. The normalized spacial score (nSPS) is 12.7. The number of aliphatic carboxylic acids is 1. The van der Waals surface area contributed by atoms with Gasteiger partial charge in [0, 0.05) is 18.0 Å². The smallest absolute Gasteiger partial charge is 0.309 e. The van der Waals surface area contributed by atoms with Gasteiger partial charge in [-0.2, -0.15) is 0 Å². The number of hydrogen-bond acceptors (Lipinski definition) is 2. The minimum absolute atomic E-state index is 0.0392. The fourth-order valence-electron chi connectivity index (χ4n) is 2.11. The number of hydrogen-bond donors (Lipinski definition) is 2. The first kappa shape index (κ1) is 18.5. The van der Waals surface area contributed by atoms with Crippen LogP contribution in [0.25, 0.3) is 0 Å². The predicted molar refractivity (Wildman–Crippen MR) is 88.0 cm³/mol. The number of carboxylic acid groups (broad SMARTS) is 1. The van der Waals surface area contributed by atoms with Crippen molar-refractivity contribution in [3.8, 4) is 0 Å². The second kappa shape index (κ2) is 8.18. The maximum absolute atomic E-state index is 11.9. The Hall–Kier alpha value is -1.55. The van der Waals surface area contributed by atoms with Gasteiger partial charge < -0.3 is 10.4 Å². The molecule has 0 aliphatic heterocycles. The molecule has 0 spiro atoms. The van der Waals surface area contributed by atoms with Gasteiger partial charge in [0.2, 0.25) is 5.91 Å². The fourth-order valence-corrected chi connectivity index (χ4v) is 2.23. The molecule has 22 heavy (non-hydrogen) atoms. The molecule has 0 radical (unpaired) electrons. The largest absolute Gasteiger partial charge is 0.481 e. The Labute approximate surface area is 136 Å². The van der Waals surface area contributed by atoms with Gasteiger partial charge in [0.25, 0.3) is 0 Å². The van der Waals surface area contributed by atoms with Crippen molar-refractivity contribution in [2.75, 3.05) is 6.54 Å². The summed E-state index contributed by atoms with van der Waals surface area (Å²) < 4.78 is 0. The van der Waals surface area contributed by atoms with E-state index in [4.69, 9.17) is 16.7 Å². The highest BCUT2D eigenvalue weighted by Gasteiger charge is 2.26. The van der Waals surface area contributed by atoms with E-state index in [1.165, 1.54) is 0 Å². The molecule has 0 fully saturated rings. The van der Waals surface area contributed by atoms with Crippen molar-refractivity contribution < 1.29 is 14.7 Å². The summed E-state index contributed by atoms with van der Waals surface area (Å²) in [4.78, 5) is 22.9. The molecule has 1 aromatic carbocycles. The highest BCUT2D eigenvalue weighted by molar-refractivity contribution is 6.30. The molecule has 1 unspecified atom stereocenters. The van der Waals surface area contributed by atoms with E-state index < -0.39 is 11.4 Å². The van der Waals surface area contributed by atoms with Crippen LogP contribution in [0, 0.1) is 11.3 Å². The van der Waals surface area contributed by atoms with Crippen molar-refractivity contribution >= 4 is 23.5 Å². The van der Waals surface area contributed by atoms with Crippen LogP contribution in [0.3, 0.4) is 0 Å². The first-order valence-electron chi connectivity index (χ1n) is 7.45. The molecule has 1 amide bonds. The Kier molecular flexibility index (Phi) is 6.88. The van der Waals surface area contributed by atoms with Crippen LogP contribution >= 0.6 is 11.6 Å². The quantitative estimate of drug-likeness (QED) is 0.768. The lowest BCUT2D eigenvalue weighted by atomic mass is 9.89. The number of rotatable bonds is 8. The number of amides is 1. The van der Waals surface area contributed by atoms with E-state index in [0.717, 1.165) is 12.0 Å². The third kappa shape index (κ3) is 6.48. The molecule has 0 saturated heterocycles. The fraction of sp³-hybridized carbons (Fsp3) is 0.529. The maximum Gasteiger partial charge on any atom is 0.309 e. The Balaban J connectivity index is 2.32. The van der Waals surface area contributed by atoms with Crippen molar-refractivity contribution in [3.05, 3.63) is 34.9 Å². The van der Waals surface area contributed by atoms with Gasteiger partial charge in [-0.25, -0.2) is 0 Å². The lowest BCUT2D eigenvalue weighted by molar-refractivity contribution is -0.147. The monoisotopic (exact) mass is 325 g/mol. The molecule has 0 aromatic heterocycles. The SMILES string of the molecule is CC(CC(=O)NCCC(C)(C)C(=O)O)Cc1ccc(Cl)cc1. The van der Waals surface area contributed by atoms with E-state index in [-0.39, 0.29) is 11.8 Å². The number of benzene rings is 1. The zero-order valence-corrected chi connectivity index (χ0v) is 14.1. The molecule has 5 heteroatoms. The second-order valence-corrected chi connectivity index (χ2v) is 6.87. The number of carbonyl (C=O) groups excluding carboxylic acids is 1. The zero-order valence-electron chi connectivity index (χ0n) is 13.4. The van der Waals surface area contributed by atoms with E-state index >= 15 is 0 Å². The molecule has 0 saturated carbocycles. The van der Waals surface area contributed by atoms with E-state index in [2.05, 4.69) is 5.32 Å². The number of carboxylic acids is 1. The van der Waals surface area contributed by atoms with E-state index in [0.29, 0.717) is 24.4 Å². The standard InChI is InChI=1S/C17H24ClNO3/c1-12(10-13-4-6-14(18)7-5-13)11-15(20)19-9-8-17(2,3)16(21)22/h4-7,12H,8-11H2,1-3H3,(H,19,20)(H,21,22). The first-order chi connectivity index (χ1) is 10.2. The number of carbonyl (C=O) groups is 2. The molecule has 1 aromatic rings. The van der Waals surface area contributed by atoms with Gasteiger partial charge >= 0.3 is 5.97 Å². The zero-order chi connectivity index (χ0) is 16.8. The summed E-state index contributed by atoms with van der Waals surface area (Å²) >= 11 is 5.84. The van der Waals surface area contributed by atoms with Crippen LogP contribution in [0.4, 0.5) is 0 Å². The summed E-state index contributed by atoms with van der Waals surface area (Å²) in [5.41, 5.74) is 0.332. The van der Waals surface area contributed by atoms with Crippen molar-refractivity contribution in [1.29, 1.82) is 0 Å². The number of halogens is 1. The summed E-state index contributed by atoms with van der Waals surface area (Å²) in [5.74, 6) is -0.672. The van der Waals surface area contributed by atoms with Crippen LogP contribution in [0.5, 0.6) is 0 Å². The Bertz CT molecular complexity index is 511. The topological polar surface area (TPSA) is 66.4 Å². The van der Waals surface area contributed by atoms with Crippen LogP contribution in [-0.4, -0.2) is 23.5 Å². The molecule has 0 heterocycles. The summed E-state index contributed by atoms with van der Waals surface area (Å²) in [7, 11) is 0. The second-order valence-electron chi connectivity index (χ2n) is 6.43. The third-order valence-electron chi connectivity index (χ3n) is 3.68. The highest BCUT2D eigenvalue weighted by Crippen LogP contribution is 2.19. The van der Waals surface area contributed by atoms with E-state index in [1.807, 2.05) is 31.2 Å². The molecule has 4 nitrogen and oxygen atoms in total. The molecule has 2 N–H and O–H groups in total. The molecule has 122 valence electrons. The van der Waals surface area contributed by atoms with Crippen LogP contribution in [0.2, 0.25) is 5.02 Å². The number of nitrogens with one attached hydrogen (secondary N) is 1. The minimum Gasteiger partial charge on any atom is -0.481 e. The van der Waals surface area contributed by atoms with Gasteiger partial charge in [-0.1, -0.05) is 30.7 Å². The molecule has 0 aliphatic carbocycles. The summed E-state index contributed by atoms with van der Waals surface area (Å²) in [6.07, 6.45) is 1.65. The van der Waals surface area contributed by atoms with Gasteiger partial charge in [-0.3, -0.25) is 9.59 Å². The lowest BCUT2D eigenvalue weighted by Crippen LogP contribution is -2.32. The first-order valence-corrected chi connectivity index (χ1v) is 7.83. The highest BCUT2D eigenvalue weighted by atomic mass is 35.5. The Morgan fingerprint density at radius 2 is 1.86 bits per heavy atom. The van der Waals surface area contributed by atoms with Gasteiger partial charge in [0.05, 0.1) is 5.41 Å². The van der Waals surface area contributed by atoms with Crippen molar-refractivity contribution in [2.45, 2.75) is 40.0 Å². The average Bonchev–Trinajstić information content (AvgIpc) is 2.40. The molecular weight excluding hydrogens is 302 g/mol. The van der Waals surface area contributed by atoms with Gasteiger partial charge in [-0.05, 0) is 50.3 Å². The van der Waals surface area contributed by atoms with E-state index in [9.17, 15) is 9.59 Å². The molecule has 0 aliphatic rings. The molecule has 1 atom stereocenters. The Morgan fingerprint density at radius 1 is 1.27 bits per heavy atom. The van der Waals surface area contributed by atoms with Crippen molar-refractivity contribution in [2.24, 2.45) is 11.3 Å². The maximum atomic E-state index is 11.9. The molecular formula is C17H24ClNO3. The third-order valence-corrected chi connectivity index (χ3v) is 3.93. The van der Waals surface area contributed by atoms with Gasteiger partial charge in [0.15, 0.2) is 0 Å². The van der Waals surface area contributed by atoms with E-state index in [1.54, 1.807) is 13.8 Å². The molecule has 0 bridgehead atoms. The Morgan fingerprint density at radius 3 is 2.41 bits per heavy atom. The van der Waals surface area contributed by atoms with Gasteiger partial charge in [-0.15, -0.1) is 0 Å². The minimum atomic E-state index is -0.849. The van der Waals surface area contributed by atoms with Crippen molar-refractivity contribution in [1.82, 2.24) is 5.32 Å². The van der Waals surface area contributed by atoms with Gasteiger partial charge in [0.1, 0.15) is 0 Å². The van der Waals surface area contributed by atoms with Crippen molar-refractivity contribution in [3.63, 3.8) is 0 Å². The lowest BCUT2D eigenvalue weighted by Gasteiger charge is -2.19. The van der Waals surface area contributed by atoms with Crippen LogP contribution < -0.4 is 5.32 Å². The molecule has 1 rings (SSSR count). The van der Waals surface area contributed by atoms with Crippen LogP contribution in [0.15, 0.2) is 24.3 Å². The van der Waals surface area contributed by atoms with Crippen LogP contribution in [-0.2, 0) is 16.0 Å². The average molecular weight is 326 g/mol. The van der Waals surface area contributed by atoms with Crippen LogP contribution in [0.1, 0.15) is 39.2 Å². The predicted octanol–water partition coefficient (Wildman–Crippen LogP) is 3.53.